The Labute approximate surface area is 180 Å². The van der Waals surface area contributed by atoms with Crippen molar-refractivity contribution in [2.75, 3.05) is 4.90 Å². The molecule has 0 aliphatic carbocycles. The smallest absolute Gasteiger partial charge is 0.303 e. The number of anilines is 1. The molecule has 6 heteroatoms. The molecular formula is C24H20ClN3O2. The minimum absolute atomic E-state index is 0.332. The van der Waals surface area contributed by atoms with E-state index < -0.39 is 11.9 Å². The Balaban J connectivity index is 2.02. The summed E-state index contributed by atoms with van der Waals surface area (Å²) in [7, 11) is 0. The van der Waals surface area contributed by atoms with E-state index in [0.29, 0.717) is 22.8 Å². The number of nitrogens with one attached hydrogen (secondary N) is 1. The molecule has 0 aliphatic heterocycles. The third kappa shape index (κ3) is 5.25. The SMILES string of the molecule is CC#CC(=O)N(c1cncc(Cl)c1)C(C(=O)NCc1ccccc1)c1ccccc1. The maximum Gasteiger partial charge on any atom is 0.303 e. The van der Waals surface area contributed by atoms with Crippen molar-refractivity contribution in [3.05, 3.63) is 95.3 Å². The highest BCUT2D eigenvalue weighted by Crippen LogP contribution is 2.29. The Morgan fingerprint density at radius 3 is 2.37 bits per heavy atom. The zero-order valence-corrected chi connectivity index (χ0v) is 17.1. The van der Waals surface area contributed by atoms with Crippen LogP contribution in [0.3, 0.4) is 0 Å². The molecule has 1 unspecified atom stereocenters. The second-order valence-corrected chi connectivity index (χ2v) is 6.86. The molecule has 1 N–H and O–H groups in total. The lowest BCUT2D eigenvalue weighted by Gasteiger charge is -2.29. The average molecular weight is 418 g/mol. The lowest BCUT2D eigenvalue weighted by atomic mass is 10.0. The van der Waals surface area contributed by atoms with Crippen LogP contribution in [0, 0.1) is 11.8 Å². The van der Waals surface area contributed by atoms with Crippen molar-refractivity contribution in [2.24, 2.45) is 0 Å². The van der Waals surface area contributed by atoms with E-state index in [1.54, 1.807) is 25.1 Å². The molecule has 0 spiro atoms. The van der Waals surface area contributed by atoms with Crippen LogP contribution in [0.4, 0.5) is 5.69 Å². The van der Waals surface area contributed by atoms with Crippen molar-refractivity contribution in [3.8, 4) is 11.8 Å². The average Bonchev–Trinajstić information content (AvgIpc) is 2.77. The Morgan fingerprint density at radius 2 is 1.73 bits per heavy atom. The van der Waals surface area contributed by atoms with Gasteiger partial charge in [-0.25, -0.2) is 0 Å². The lowest BCUT2D eigenvalue weighted by Crippen LogP contribution is -2.43. The second kappa shape index (κ2) is 10.2. The van der Waals surface area contributed by atoms with Crippen molar-refractivity contribution in [2.45, 2.75) is 19.5 Å². The van der Waals surface area contributed by atoms with Crippen LogP contribution < -0.4 is 10.2 Å². The molecule has 2 aromatic carbocycles. The molecule has 2 amide bonds. The van der Waals surface area contributed by atoms with Gasteiger partial charge in [0, 0.05) is 12.7 Å². The quantitative estimate of drug-likeness (QED) is 0.613. The van der Waals surface area contributed by atoms with Crippen molar-refractivity contribution in [1.82, 2.24) is 10.3 Å². The van der Waals surface area contributed by atoms with E-state index in [0.717, 1.165) is 5.56 Å². The first-order valence-corrected chi connectivity index (χ1v) is 9.71. The second-order valence-electron chi connectivity index (χ2n) is 6.43. The Hall–Kier alpha value is -3.62. The summed E-state index contributed by atoms with van der Waals surface area (Å²) in [6.45, 7) is 1.90. The highest BCUT2D eigenvalue weighted by atomic mass is 35.5. The minimum atomic E-state index is -0.941. The van der Waals surface area contributed by atoms with E-state index in [1.165, 1.54) is 17.3 Å². The van der Waals surface area contributed by atoms with Crippen molar-refractivity contribution in [3.63, 3.8) is 0 Å². The summed E-state index contributed by atoms with van der Waals surface area (Å²) in [5, 5.41) is 3.28. The number of aromatic nitrogens is 1. The maximum atomic E-state index is 13.3. The maximum absolute atomic E-state index is 13.3. The highest BCUT2D eigenvalue weighted by Gasteiger charge is 2.32. The Kier molecular flexibility index (Phi) is 7.20. The first-order chi connectivity index (χ1) is 14.6. The van der Waals surface area contributed by atoms with E-state index in [2.05, 4.69) is 22.1 Å². The van der Waals surface area contributed by atoms with Gasteiger partial charge in [-0.05, 0) is 30.0 Å². The van der Waals surface area contributed by atoms with Gasteiger partial charge < -0.3 is 5.32 Å². The molecule has 5 nitrogen and oxygen atoms in total. The summed E-state index contributed by atoms with van der Waals surface area (Å²) in [6.07, 6.45) is 2.95. The van der Waals surface area contributed by atoms with Crippen LogP contribution in [0.5, 0.6) is 0 Å². The minimum Gasteiger partial charge on any atom is -0.350 e. The molecule has 0 aliphatic rings. The van der Waals surface area contributed by atoms with Crippen LogP contribution in [0.15, 0.2) is 79.1 Å². The molecule has 1 aromatic heterocycles. The molecule has 0 radical (unpaired) electrons. The van der Waals surface area contributed by atoms with E-state index in [9.17, 15) is 9.59 Å². The standard InChI is InChI=1S/C24H20ClN3O2/c1-2-9-22(29)28(21-14-20(25)16-26-17-21)23(19-12-7-4-8-13-19)24(30)27-15-18-10-5-3-6-11-18/h3-8,10-14,16-17,23H,15H2,1H3,(H,27,30). The summed E-state index contributed by atoms with van der Waals surface area (Å²) in [4.78, 5) is 31.7. The third-order valence-corrected chi connectivity index (χ3v) is 4.56. The van der Waals surface area contributed by atoms with Crippen LogP contribution in [-0.4, -0.2) is 16.8 Å². The van der Waals surface area contributed by atoms with Gasteiger partial charge in [0.25, 0.3) is 0 Å². The number of hydrogen-bond acceptors (Lipinski definition) is 3. The van der Waals surface area contributed by atoms with Crippen LogP contribution in [0.25, 0.3) is 0 Å². The Morgan fingerprint density at radius 1 is 1.07 bits per heavy atom. The molecule has 3 aromatic rings. The van der Waals surface area contributed by atoms with E-state index in [1.807, 2.05) is 48.5 Å². The predicted octanol–water partition coefficient (Wildman–Crippen LogP) is 4.15. The fourth-order valence-electron chi connectivity index (χ4n) is 3.02. The predicted molar refractivity (Wildman–Crippen MR) is 118 cm³/mol. The van der Waals surface area contributed by atoms with Crippen molar-refractivity contribution in [1.29, 1.82) is 0 Å². The molecular weight excluding hydrogens is 398 g/mol. The molecule has 0 saturated carbocycles. The summed E-state index contributed by atoms with van der Waals surface area (Å²) >= 11 is 6.11. The molecule has 1 atom stereocenters. The molecule has 3 rings (SSSR count). The van der Waals surface area contributed by atoms with Crippen molar-refractivity contribution >= 4 is 29.1 Å². The first-order valence-electron chi connectivity index (χ1n) is 9.33. The van der Waals surface area contributed by atoms with Gasteiger partial charge in [0.1, 0.15) is 6.04 Å². The van der Waals surface area contributed by atoms with E-state index in [-0.39, 0.29) is 5.91 Å². The highest BCUT2D eigenvalue weighted by molar-refractivity contribution is 6.30. The number of amides is 2. The molecule has 0 saturated heterocycles. The van der Waals surface area contributed by atoms with Gasteiger partial charge in [0.05, 0.1) is 16.9 Å². The van der Waals surface area contributed by atoms with E-state index in [4.69, 9.17) is 11.6 Å². The number of hydrogen-bond donors (Lipinski definition) is 1. The van der Waals surface area contributed by atoms with E-state index >= 15 is 0 Å². The van der Waals surface area contributed by atoms with Gasteiger partial charge in [0.2, 0.25) is 5.91 Å². The monoisotopic (exact) mass is 417 g/mol. The fraction of sp³-hybridized carbons (Fsp3) is 0.125. The van der Waals surface area contributed by atoms with Gasteiger partial charge in [-0.2, -0.15) is 0 Å². The summed E-state index contributed by atoms with van der Waals surface area (Å²) < 4.78 is 0. The van der Waals surface area contributed by atoms with Crippen molar-refractivity contribution < 1.29 is 9.59 Å². The number of pyridine rings is 1. The third-order valence-electron chi connectivity index (χ3n) is 4.35. The zero-order valence-electron chi connectivity index (χ0n) is 16.4. The normalized spacial score (nSPS) is 11.0. The van der Waals surface area contributed by atoms with Gasteiger partial charge in [-0.1, -0.05) is 78.2 Å². The van der Waals surface area contributed by atoms with Gasteiger partial charge in [-0.15, -0.1) is 0 Å². The first kappa shape index (κ1) is 21.1. The molecule has 30 heavy (non-hydrogen) atoms. The fourth-order valence-corrected chi connectivity index (χ4v) is 3.19. The summed E-state index contributed by atoms with van der Waals surface area (Å²) in [5.41, 5.74) is 1.99. The molecule has 0 fully saturated rings. The van der Waals surface area contributed by atoms with Crippen LogP contribution in [-0.2, 0) is 16.1 Å². The van der Waals surface area contributed by atoms with Gasteiger partial charge in [-0.3, -0.25) is 19.5 Å². The zero-order chi connectivity index (χ0) is 21.3. The molecule has 1 heterocycles. The number of carbonyl (C=O) groups is 2. The number of carbonyl (C=O) groups excluding carboxylic acids is 2. The largest absolute Gasteiger partial charge is 0.350 e. The van der Waals surface area contributed by atoms with Crippen LogP contribution in [0.1, 0.15) is 24.1 Å². The van der Waals surface area contributed by atoms with Crippen LogP contribution >= 0.6 is 11.6 Å². The summed E-state index contributed by atoms with van der Waals surface area (Å²) in [6, 6.07) is 19.3. The molecule has 0 bridgehead atoms. The lowest BCUT2D eigenvalue weighted by molar-refractivity contribution is -0.125. The summed E-state index contributed by atoms with van der Waals surface area (Å²) in [5.74, 6) is 4.28. The topological polar surface area (TPSA) is 62.3 Å². The Bertz CT molecular complexity index is 1080. The number of benzene rings is 2. The van der Waals surface area contributed by atoms with Gasteiger partial charge in [0.15, 0.2) is 0 Å². The number of nitrogens with zero attached hydrogens (tertiary/aromatic N) is 2. The van der Waals surface area contributed by atoms with Crippen LogP contribution in [0.2, 0.25) is 5.02 Å². The molecule has 150 valence electrons. The number of halogens is 1. The van der Waals surface area contributed by atoms with Gasteiger partial charge >= 0.3 is 5.91 Å². The number of rotatable bonds is 6.